The number of carboxylic acid groups (broad SMARTS) is 1. The van der Waals surface area contributed by atoms with E-state index >= 15 is 0 Å². The fourth-order valence-electron chi connectivity index (χ4n) is 5.44. The van der Waals surface area contributed by atoms with Crippen LogP contribution in [0.5, 0.6) is 0 Å². The number of amides is 2. The Labute approximate surface area is 257 Å². The zero-order chi connectivity index (χ0) is 33.2. The molecule has 1 aliphatic rings. The molecule has 0 saturated carbocycles. The first-order valence-corrected chi connectivity index (χ1v) is 15.7. The highest BCUT2D eigenvalue weighted by molar-refractivity contribution is 7.90. The van der Waals surface area contributed by atoms with E-state index in [0.29, 0.717) is 28.3 Å². The lowest BCUT2D eigenvalue weighted by atomic mass is 9.76. The minimum Gasteiger partial charge on any atom is -0.465 e. The number of nitrogens with two attached hydrogens (primary N) is 1. The minimum atomic E-state index is -4.86. The van der Waals surface area contributed by atoms with Crippen LogP contribution < -0.4 is 11.1 Å². The van der Waals surface area contributed by atoms with Crippen molar-refractivity contribution in [3.63, 3.8) is 0 Å². The number of benzene rings is 3. The molecule has 0 radical (unpaired) electrons. The normalized spacial score (nSPS) is 16.3. The van der Waals surface area contributed by atoms with Gasteiger partial charge in [0.25, 0.3) is 5.91 Å². The second-order valence-electron chi connectivity index (χ2n) is 11.0. The summed E-state index contributed by atoms with van der Waals surface area (Å²) in [6.45, 7) is 0.0966. The molecule has 0 aliphatic carbocycles. The maximum Gasteiger partial charge on any atom is 0.417 e. The molecule has 4 rings (SSSR count). The third kappa shape index (κ3) is 7.62. The van der Waals surface area contributed by atoms with E-state index in [0.717, 1.165) is 23.3 Å². The Morgan fingerprint density at radius 1 is 1.07 bits per heavy atom. The Morgan fingerprint density at radius 3 is 2.27 bits per heavy atom. The van der Waals surface area contributed by atoms with Crippen LogP contribution in [0.15, 0.2) is 66.7 Å². The fraction of sp³-hybridized carbons (Fsp3) is 0.323. The van der Waals surface area contributed by atoms with E-state index in [-0.39, 0.29) is 38.0 Å². The monoisotopic (exact) mass is 644 g/mol. The molecule has 238 valence electrons. The summed E-state index contributed by atoms with van der Waals surface area (Å²) in [5, 5.41) is 31.6. The van der Waals surface area contributed by atoms with Crippen LogP contribution in [0.3, 0.4) is 0 Å². The predicted molar refractivity (Wildman–Crippen MR) is 159 cm³/mol. The Kier molecular flexibility index (Phi) is 9.57. The summed E-state index contributed by atoms with van der Waals surface area (Å²) < 4.78 is 64.3. The molecule has 2 amide bonds. The van der Waals surface area contributed by atoms with Gasteiger partial charge in [0.1, 0.15) is 11.0 Å². The van der Waals surface area contributed by atoms with Gasteiger partial charge in [0.15, 0.2) is 9.84 Å². The van der Waals surface area contributed by atoms with Gasteiger partial charge in [0.05, 0.1) is 17.2 Å². The van der Waals surface area contributed by atoms with Crippen molar-refractivity contribution in [1.29, 1.82) is 5.26 Å². The van der Waals surface area contributed by atoms with Crippen molar-refractivity contribution < 1.29 is 41.4 Å². The molecule has 45 heavy (non-hydrogen) atoms. The zero-order valence-electron chi connectivity index (χ0n) is 24.1. The Bertz CT molecular complexity index is 1730. The highest BCUT2D eigenvalue weighted by atomic mass is 32.2. The molecule has 1 aliphatic heterocycles. The number of likely N-dealkylation sites (tertiary alicyclic amines) is 1. The van der Waals surface area contributed by atoms with E-state index in [4.69, 9.17) is 11.0 Å². The number of alkyl halides is 3. The van der Waals surface area contributed by atoms with Gasteiger partial charge >= 0.3 is 12.3 Å². The second kappa shape index (κ2) is 12.9. The molecule has 0 spiro atoms. The molecule has 14 heteroatoms. The molecule has 0 aromatic heterocycles. The van der Waals surface area contributed by atoms with Crippen LogP contribution in [0.4, 0.5) is 23.7 Å². The van der Waals surface area contributed by atoms with Crippen LogP contribution in [-0.4, -0.2) is 60.5 Å². The van der Waals surface area contributed by atoms with Crippen LogP contribution in [0.2, 0.25) is 0 Å². The van der Waals surface area contributed by atoms with Gasteiger partial charge in [0, 0.05) is 37.4 Å². The minimum absolute atomic E-state index is 0.0483. The lowest BCUT2D eigenvalue weighted by Crippen LogP contribution is -2.54. The van der Waals surface area contributed by atoms with Crippen LogP contribution in [-0.2, 0) is 27.2 Å². The topological polar surface area (TPSA) is 174 Å². The summed E-state index contributed by atoms with van der Waals surface area (Å²) >= 11 is 0. The molecule has 3 aromatic rings. The molecule has 1 heterocycles. The summed E-state index contributed by atoms with van der Waals surface area (Å²) in [5.41, 5.74) is 3.82. The molecule has 2 unspecified atom stereocenters. The average Bonchev–Trinajstić information content (AvgIpc) is 3.00. The van der Waals surface area contributed by atoms with Gasteiger partial charge in [-0.15, -0.1) is 0 Å². The quantitative estimate of drug-likeness (QED) is 0.276. The number of hydrogen-bond donors (Lipinski definition) is 4. The highest BCUT2D eigenvalue weighted by Crippen LogP contribution is 2.36. The van der Waals surface area contributed by atoms with E-state index < -0.39 is 56.0 Å². The zero-order valence-corrected chi connectivity index (χ0v) is 24.9. The van der Waals surface area contributed by atoms with Crippen LogP contribution >= 0.6 is 0 Å². The number of carbonyl (C=O) groups is 2. The SMILES string of the molecule is CS(=O)(=O)C(N)c1ccc(-c2cccc(CC(O)(C(=O)Nc3ccc(C#N)c(C(F)(F)F)c3)C3CCN(C(=O)O)CC3)c2)cc1. The van der Waals surface area contributed by atoms with Crippen molar-refractivity contribution in [3.05, 3.63) is 89.0 Å². The second-order valence-corrected chi connectivity index (χ2v) is 13.2. The first kappa shape index (κ1) is 33.4. The van der Waals surface area contributed by atoms with Gasteiger partial charge in [-0.05, 0) is 53.3 Å². The highest BCUT2D eigenvalue weighted by Gasteiger charge is 2.46. The summed E-state index contributed by atoms with van der Waals surface area (Å²) in [6.07, 6.45) is -4.97. The lowest BCUT2D eigenvalue weighted by Gasteiger charge is -2.40. The van der Waals surface area contributed by atoms with Crippen molar-refractivity contribution in [2.45, 2.75) is 36.4 Å². The molecule has 5 N–H and O–H groups in total. The smallest absolute Gasteiger partial charge is 0.417 e. The van der Waals surface area contributed by atoms with Gasteiger partial charge in [-0.3, -0.25) is 4.79 Å². The maximum atomic E-state index is 13.7. The fourth-order valence-corrected chi connectivity index (χ4v) is 6.09. The Morgan fingerprint density at radius 2 is 1.71 bits per heavy atom. The summed E-state index contributed by atoms with van der Waals surface area (Å²) in [7, 11) is -3.52. The first-order valence-electron chi connectivity index (χ1n) is 13.8. The number of aliphatic hydroxyl groups is 1. The molecular formula is C31H31F3N4O6S. The number of nitrogens with zero attached hydrogens (tertiary/aromatic N) is 2. The van der Waals surface area contributed by atoms with Crippen molar-refractivity contribution in [1.82, 2.24) is 4.90 Å². The molecule has 1 fully saturated rings. The van der Waals surface area contributed by atoms with Crippen molar-refractivity contribution in [2.24, 2.45) is 11.7 Å². The van der Waals surface area contributed by atoms with E-state index in [2.05, 4.69) is 5.32 Å². The first-order chi connectivity index (χ1) is 21.0. The molecule has 10 nitrogen and oxygen atoms in total. The van der Waals surface area contributed by atoms with E-state index in [9.17, 15) is 41.4 Å². The number of piperidine rings is 1. The van der Waals surface area contributed by atoms with Gasteiger partial charge in [-0.1, -0.05) is 48.5 Å². The van der Waals surface area contributed by atoms with E-state index in [1.54, 1.807) is 48.5 Å². The van der Waals surface area contributed by atoms with Crippen molar-refractivity contribution in [2.75, 3.05) is 24.7 Å². The van der Waals surface area contributed by atoms with E-state index in [1.807, 2.05) is 0 Å². The number of anilines is 1. The largest absolute Gasteiger partial charge is 0.465 e. The number of hydrogen-bond acceptors (Lipinski definition) is 7. The van der Waals surface area contributed by atoms with Crippen LogP contribution in [0, 0.1) is 17.2 Å². The number of carbonyl (C=O) groups excluding carboxylic acids is 1. The summed E-state index contributed by atoms with van der Waals surface area (Å²) in [4.78, 5) is 26.3. The van der Waals surface area contributed by atoms with Gasteiger partial charge in [-0.25, -0.2) is 13.2 Å². The number of sulfone groups is 1. The lowest BCUT2D eigenvalue weighted by molar-refractivity contribution is -0.142. The van der Waals surface area contributed by atoms with Crippen molar-refractivity contribution in [3.8, 4) is 17.2 Å². The van der Waals surface area contributed by atoms with Gasteiger partial charge in [0.2, 0.25) is 0 Å². The number of rotatable bonds is 8. The van der Waals surface area contributed by atoms with Crippen LogP contribution in [0.25, 0.3) is 11.1 Å². The molecule has 1 saturated heterocycles. The van der Waals surface area contributed by atoms with Gasteiger partial charge < -0.3 is 26.2 Å². The predicted octanol–water partition coefficient (Wildman–Crippen LogP) is 4.55. The Balaban J connectivity index is 1.65. The Hall–Kier alpha value is -4.45. The summed E-state index contributed by atoms with van der Waals surface area (Å²) in [6, 6.07) is 17.6. The standard InChI is InChI=1S/C31H31F3N4O6S/c1-45(43,44)27(36)21-7-5-20(6-8-21)22-4-2-3-19(15-22)17-30(42,24-11-13-38(14-12-24)29(40)41)28(39)37-25-10-9-23(18-35)26(16-25)31(32,33)34/h2-10,15-16,24,27,42H,11-14,17,36H2,1H3,(H,37,39)(H,40,41). The van der Waals surface area contributed by atoms with Crippen LogP contribution in [0.1, 0.15) is 40.5 Å². The van der Waals surface area contributed by atoms with E-state index in [1.165, 1.54) is 6.07 Å². The number of halogens is 3. The van der Waals surface area contributed by atoms with Gasteiger partial charge in [-0.2, -0.15) is 18.4 Å². The third-order valence-electron chi connectivity index (χ3n) is 7.97. The third-order valence-corrected chi connectivity index (χ3v) is 9.17. The number of nitriles is 1. The molecular weight excluding hydrogens is 613 g/mol. The number of nitrogens with one attached hydrogen (secondary N) is 1. The van der Waals surface area contributed by atoms with Crippen molar-refractivity contribution >= 4 is 27.5 Å². The average molecular weight is 645 g/mol. The molecule has 0 bridgehead atoms. The molecule has 2 atom stereocenters. The molecule has 3 aromatic carbocycles. The summed E-state index contributed by atoms with van der Waals surface area (Å²) in [5.74, 6) is -1.72. The maximum absolute atomic E-state index is 13.7.